The molecule has 256 valence electrons. The first-order valence-electron chi connectivity index (χ1n) is 18.0. The zero-order chi connectivity index (χ0) is 34.0. The van der Waals surface area contributed by atoms with Gasteiger partial charge in [-0.25, -0.2) is 0 Å². The molecule has 0 saturated carbocycles. The third-order valence-electron chi connectivity index (χ3n) is 9.80. The van der Waals surface area contributed by atoms with Gasteiger partial charge in [0.05, 0.1) is 6.04 Å². The van der Waals surface area contributed by atoms with Gasteiger partial charge in [-0.05, 0) is 93.6 Å². The average molecular weight is 652 g/mol. The van der Waals surface area contributed by atoms with E-state index >= 15 is 0 Å². The summed E-state index contributed by atoms with van der Waals surface area (Å²) in [4.78, 5) is 41.8. The Morgan fingerprint density at radius 3 is 1.75 bits per heavy atom. The monoisotopic (exact) mass is 651 g/mol. The summed E-state index contributed by atoms with van der Waals surface area (Å²) in [6, 6.07) is 25.0. The molecule has 0 aromatic heterocycles. The predicted octanol–water partition coefficient (Wildman–Crippen LogP) is 8.52. The highest BCUT2D eigenvalue weighted by molar-refractivity contribution is 5.96. The first-order chi connectivity index (χ1) is 23.3. The van der Waals surface area contributed by atoms with Gasteiger partial charge in [-0.1, -0.05) is 69.5 Å². The predicted molar refractivity (Wildman–Crippen MR) is 196 cm³/mol. The van der Waals surface area contributed by atoms with Crippen LogP contribution in [0, 0.1) is 0 Å². The maximum absolute atomic E-state index is 12.6. The molecular weight excluding hydrogens is 598 g/mol. The summed E-state index contributed by atoms with van der Waals surface area (Å²) in [5.74, 6) is 0.384. The lowest BCUT2D eigenvalue weighted by atomic mass is 9.91. The smallest absolute Gasteiger partial charge is 0.226 e. The molecule has 8 heteroatoms. The van der Waals surface area contributed by atoms with E-state index in [4.69, 9.17) is 0 Å². The number of carbonyl (C=O) groups excluding carboxylic acids is 3. The second-order valence-corrected chi connectivity index (χ2v) is 13.4. The van der Waals surface area contributed by atoms with Crippen molar-refractivity contribution in [3.8, 4) is 0 Å². The Bertz CT molecular complexity index is 1540. The molecule has 0 aliphatic carbocycles. The van der Waals surface area contributed by atoms with E-state index in [9.17, 15) is 14.4 Å². The lowest BCUT2D eigenvalue weighted by Gasteiger charge is -2.40. The Hall–Kier alpha value is -4.17. The molecule has 3 amide bonds. The zero-order valence-electron chi connectivity index (χ0n) is 29.1. The minimum atomic E-state index is 0.0498. The van der Waals surface area contributed by atoms with Gasteiger partial charge in [-0.2, -0.15) is 0 Å². The van der Waals surface area contributed by atoms with Crippen molar-refractivity contribution < 1.29 is 14.4 Å². The Morgan fingerprint density at radius 2 is 1.15 bits per heavy atom. The fourth-order valence-corrected chi connectivity index (χ4v) is 7.35. The molecule has 5 rings (SSSR count). The first-order valence-corrected chi connectivity index (χ1v) is 18.0. The molecular formula is C40H53N5O3. The number of hydrogen-bond acceptors (Lipinski definition) is 5. The summed E-state index contributed by atoms with van der Waals surface area (Å²) in [5.41, 5.74) is 6.17. The van der Waals surface area contributed by atoms with Crippen LogP contribution in [-0.2, 0) is 14.4 Å². The lowest BCUT2D eigenvalue weighted by molar-refractivity contribution is -0.119. The second kappa shape index (κ2) is 16.8. The van der Waals surface area contributed by atoms with E-state index in [0.717, 1.165) is 79.8 Å². The van der Waals surface area contributed by atoms with Gasteiger partial charge in [0.15, 0.2) is 0 Å². The van der Waals surface area contributed by atoms with Crippen molar-refractivity contribution in [1.82, 2.24) is 5.32 Å². The van der Waals surface area contributed by atoms with Gasteiger partial charge in [0.25, 0.3) is 0 Å². The zero-order valence-corrected chi connectivity index (χ0v) is 29.1. The van der Waals surface area contributed by atoms with Crippen LogP contribution in [0.25, 0.3) is 0 Å². The van der Waals surface area contributed by atoms with E-state index in [1.54, 1.807) is 0 Å². The molecule has 4 atom stereocenters. The Morgan fingerprint density at radius 1 is 0.646 bits per heavy atom. The molecule has 3 aromatic carbocycles. The SMILES string of the molecule is CCC(=O)N1c2ccccc2C(NCCCCCCCC(=O)Nc2ccc(N[C@@H]3C[C@H](C)N(C(=O)CC)c4ccccc43)cc2)CC1C. The molecule has 2 unspecified atom stereocenters. The normalized spacial score (nSPS) is 20.1. The first kappa shape index (κ1) is 35.1. The quantitative estimate of drug-likeness (QED) is 0.152. The molecule has 3 aromatic rings. The van der Waals surface area contributed by atoms with Crippen molar-refractivity contribution in [2.75, 3.05) is 27.0 Å². The average Bonchev–Trinajstić information content (AvgIpc) is 3.09. The number of carbonyl (C=O) groups is 3. The highest BCUT2D eigenvalue weighted by atomic mass is 16.2. The van der Waals surface area contributed by atoms with Crippen molar-refractivity contribution in [1.29, 1.82) is 0 Å². The van der Waals surface area contributed by atoms with Gasteiger partial charge in [-0.15, -0.1) is 0 Å². The number of rotatable bonds is 14. The maximum Gasteiger partial charge on any atom is 0.226 e. The van der Waals surface area contributed by atoms with Gasteiger partial charge in [0, 0.05) is 60.1 Å². The lowest BCUT2D eigenvalue weighted by Crippen LogP contribution is -2.45. The van der Waals surface area contributed by atoms with Gasteiger partial charge >= 0.3 is 0 Å². The summed E-state index contributed by atoms with van der Waals surface area (Å²) in [5, 5.41) is 10.4. The number of nitrogens with zero attached hydrogens (tertiary/aromatic N) is 2. The van der Waals surface area contributed by atoms with Crippen molar-refractivity contribution in [2.45, 2.75) is 116 Å². The van der Waals surface area contributed by atoms with Crippen LogP contribution in [0.2, 0.25) is 0 Å². The van der Waals surface area contributed by atoms with Gasteiger partial charge < -0.3 is 25.8 Å². The molecule has 0 bridgehead atoms. The minimum absolute atomic E-state index is 0.0498. The van der Waals surface area contributed by atoms with Crippen LogP contribution in [0.1, 0.15) is 115 Å². The molecule has 0 spiro atoms. The summed E-state index contributed by atoms with van der Waals surface area (Å²) in [6.07, 6.45) is 8.53. The molecule has 3 N–H and O–H groups in total. The number of amides is 3. The largest absolute Gasteiger partial charge is 0.378 e. The van der Waals surface area contributed by atoms with Crippen molar-refractivity contribution in [3.05, 3.63) is 83.9 Å². The van der Waals surface area contributed by atoms with Crippen LogP contribution >= 0.6 is 0 Å². The van der Waals surface area contributed by atoms with Crippen LogP contribution in [0.15, 0.2) is 72.8 Å². The van der Waals surface area contributed by atoms with Gasteiger partial charge in [0.2, 0.25) is 17.7 Å². The standard InChI is InChI=1S/C40H53N5O3/c1-5-39(47)44-28(3)26-34(32-16-11-13-18-36(32)44)41-25-15-9-7-8-10-20-38(46)43-31-23-21-30(22-24-31)42-35-27-29(4)45(40(48)6-2)37-19-14-12-17-33(35)37/h11-14,16-19,21-24,28-29,34-35,41-42H,5-10,15,20,25-27H2,1-4H3,(H,43,46)/t28?,29-,34?,35+/m0/s1. The fraction of sp³-hybridized carbons (Fsp3) is 0.475. The minimum Gasteiger partial charge on any atom is -0.378 e. The fourth-order valence-electron chi connectivity index (χ4n) is 7.35. The number of hydrogen-bond donors (Lipinski definition) is 3. The summed E-state index contributed by atoms with van der Waals surface area (Å²) in [7, 11) is 0. The van der Waals surface area contributed by atoms with Crippen molar-refractivity contribution >= 4 is 40.5 Å². The van der Waals surface area contributed by atoms with E-state index in [1.807, 2.05) is 72.2 Å². The molecule has 0 saturated heterocycles. The number of para-hydroxylation sites is 2. The highest BCUT2D eigenvalue weighted by Crippen LogP contribution is 2.40. The van der Waals surface area contributed by atoms with Crippen LogP contribution in [-0.4, -0.2) is 36.3 Å². The summed E-state index contributed by atoms with van der Waals surface area (Å²) in [6.45, 7) is 9.04. The van der Waals surface area contributed by atoms with Gasteiger partial charge in [0.1, 0.15) is 0 Å². The third-order valence-corrected chi connectivity index (χ3v) is 9.80. The second-order valence-electron chi connectivity index (χ2n) is 13.4. The van der Waals surface area contributed by atoms with E-state index in [-0.39, 0.29) is 41.9 Å². The number of unbranched alkanes of at least 4 members (excludes halogenated alkanes) is 4. The van der Waals surface area contributed by atoms with Crippen LogP contribution in [0.3, 0.4) is 0 Å². The molecule has 48 heavy (non-hydrogen) atoms. The Kier molecular flexibility index (Phi) is 12.3. The van der Waals surface area contributed by atoms with Gasteiger partial charge in [-0.3, -0.25) is 14.4 Å². The van der Waals surface area contributed by atoms with E-state index in [0.29, 0.717) is 19.3 Å². The van der Waals surface area contributed by atoms with Crippen LogP contribution < -0.4 is 25.8 Å². The third kappa shape index (κ3) is 8.45. The van der Waals surface area contributed by atoms with Crippen LogP contribution in [0.4, 0.5) is 22.7 Å². The van der Waals surface area contributed by atoms with E-state index in [1.165, 1.54) is 5.56 Å². The number of anilines is 4. The highest BCUT2D eigenvalue weighted by Gasteiger charge is 2.34. The number of fused-ring (bicyclic) bond motifs is 2. The summed E-state index contributed by atoms with van der Waals surface area (Å²) < 4.78 is 0. The topological polar surface area (TPSA) is 93.8 Å². The Labute approximate surface area is 286 Å². The molecule has 8 nitrogen and oxygen atoms in total. The number of benzene rings is 3. The molecule has 2 aliphatic rings. The molecule has 0 radical (unpaired) electrons. The van der Waals surface area contributed by atoms with E-state index < -0.39 is 0 Å². The van der Waals surface area contributed by atoms with E-state index in [2.05, 4.69) is 54.1 Å². The van der Waals surface area contributed by atoms with Crippen LogP contribution in [0.5, 0.6) is 0 Å². The summed E-state index contributed by atoms with van der Waals surface area (Å²) >= 11 is 0. The molecule has 0 fully saturated rings. The Balaban J connectivity index is 0.993. The maximum atomic E-state index is 12.6. The van der Waals surface area contributed by atoms with Crippen molar-refractivity contribution in [2.24, 2.45) is 0 Å². The van der Waals surface area contributed by atoms with Crippen molar-refractivity contribution in [3.63, 3.8) is 0 Å². The molecule has 2 heterocycles. The molecule has 2 aliphatic heterocycles. The number of nitrogens with one attached hydrogen (secondary N) is 3.